The molecule has 0 spiro atoms. The Morgan fingerprint density at radius 1 is 1.41 bits per heavy atom. The number of anilines is 1. The van der Waals surface area contributed by atoms with E-state index in [0.717, 1.165) is 16.9 Å². The van der Waals surface area contributed by atoms with Crippen LogP contribution in [0.2, 0.25) is 0 Å². The van der Waals surface area contributed by atoms with Crippen LogP contribution in [0.15, 0.2) is 18.2 Å². The van der Waals surface area contributed by atoms with Crippen molar-refractivity contribution in [2.45, 2.75) is 13.8 Å². The predicted molar refractivity (Wildman–Crippen MR) is 68.5 cm³/mol. The van der Waals surface area contributed by atoms with Gasteiger partial charge in [0.1, 0.15) is 5.82 Å². The van der Waals surface area contributed by atoms with Crippen molar-refractivity contribution >= 4 is 26.7 Å². The molecule has 0 atom stereocenters. The van der Waals surface area contributed by atoms with Crippen molar-refractivity contribution in [3.63, 3.8) is 0 Å². The number of aryl methyl sites for hydroxylation is 2. The lowest BCUT2D eigenvalue weighted by atomic mass is 10.3. The molecule has 0 aliphatic rings. The standard InChI is InChI=1S/C11H15N3O2S/c1-4-17(15,16)13-9-5-6-11-10(7-9)12-8(2)14(11)3/h5-7,13H,4H2,1-3H3. The van der Waals surface area contributed by atoms with E-state index in [1.165, 1.54) is 0 Å². The van der Waals surface area contributed by atoms with Gasteiger partial charge in [-0.25, -0.2) is 13.4 Å². The maximum atomic E-state index is 11.4. The summed E-state index contributed by atoms with van der Waals surface area (Å²) in [5, 5.41) is 0. The molecular weight excluding hydrogens is 238 g/mol. The van der Waals surface area contributed by atoms with E-state index in [-0.39, 0.29) is 5.75 Å². The molecule has 1 aromatic carbocycles. The molecule has 1 aromatic heterocycles. The summed E-state index contributed by atoms with van der Waals surface area (Å²) in [5.74, 6) is 0.960. The van der Waals surface area contributed by atoms with E-state index >= 15 is 0 Å². The van der Waals surface area contributed by atoms with E-state index in [4.69, 9.17) is 0 Å². The smallest absolute Gasteiger partial charge is 0.232 e. The minimum absolute atomic E-state index is 0.0618. The lowest BCUT2D eigenvalue weighted by Crippen LogP contribution is -2.14. The van der Waals surface area contributed by atoms with Gasteiger partial charge in [-0.2, -0.15) is 0 Å². The van der Waals surface area contributed by atoms with E-state index in [1.807, 2.05) is 24.6 Å². The quantitative estimate of drug-likeness (QED) is 0.904. The van der Waals surface area contributed by atoms with Gasteiger partial charge >= 0.3 is 0 Å². The number of rotatable bonds is 3. The molecule has 0 bridgehead atoms. The first-order valence-electron chi connectivity index (χ1n) is 5.36. The molecule has 5 nitrogen and oxygen atoms in total. The number of nitrogens with one attached hydrogen (secondary N) is 1. The Morgan fingerprint density at radius 2 is 2.12 bits per heavy atom. The number of hydrogen-bond donors (Lipinski definition) is 1. The molecule has 17 heavy (non-hydrogen) atoms. The zero-order chi connectivity index (χ0) is 12.6. The molecule has 0 radical (unpaired) electrons. The third-order valence-corrected chi connectivity index (χ3v) is 4.06. The lowest BCUT2D eigenvalue weighted by Gasteiger charge is -2.05. The molecule has 0 aliphatic carbocycles. The van der Waals surface area contributed by atoms with Gasteiger partial charge in [-0.05, 0) is 32.0 Å². The Balaban J connectivity index is 2.46. The van der Waals surface area contributed by atoms with Gasteiger partial charge in [0.15, 0.2) is 0 Å². The fourth-order valence-corrected chi connectivity index (χ4v) is 2.27. The number of imidazole rings is 1. The Bertz CT molecular complexity index is 659. The van der Waals surface area contributed by atoms with Crippen LogP contribution >= 0.6 is 0 Å². The average Bonchev–Trinajstić information content (AvgIpc) is 2.54. The van der Waals surface area contributed by atoms with Crippen LogP contribution in [0.3, 0.4) is 0 Å². The van der Waals surface area contributed by atoms with Gasteiger partial charge < -0.3 is 4.57 Å². The average molecular weight is 253 g/mol. The van der Waals surface area contributed by atoms with Crippen molar-refractivity contribution in [2.24, 2.45) is 7.05 Å². The van der Waals surface area contributed by atoms with Crippen molar-refractivity contribution < 1.29 is 8.42 Å². The maximum absolute atomic E-state index is 11.4. The molecule has 0 aliphatic heterocycles. The van der Waals surface area contributed by atoms with Crippen LogP contribution in [0.1, 0.15) is 12.7 Å². The highest BCUT2D eigenvalue weighted by Gasteiger charge is 2.09. The summed E-state index contributed by atoms with van der Waals surface area (Å²) in [6.45, 7) is 3.52. The Kier molecular flexibility index (Phi) is 2.82. The number of fused-ring (bicyclic) bond motifs is 1. The van der Waals surface area contributed by atoms with Crippen LogP contribution in [0.25, 0.3) is 11.0 Å². The number of hydrogen-bond acceptors (Lipinski definition) is 3. The highest BCUT2D eigenvalue weighted by Crippen LogP contribution is 2.20. The van der Waals surface area contributed by atoms with Gasteiger partial charge in [0, 0.05) is 7.05 Å². The van der Waals surface area contributed by atoms with Gasteiger partial charge in [-0.1, -0.05) is 0 Å². The highest BCUT2D eigenvalue weighted by molar-refractivity contribution is 7.92. The number of nitrogens with zero attached hydrogens (tertiary/aromatic N) is 2. The summed E-state index contributed by atoms with van der Waals surface area (Å²) in [4.78, 5) is 4.36. The van der Waals surface area contributed by atoms with Gasteiger partial charge in [0.05, 0.1) is 22.5 Å². The van der Waals surface area contributed by atoms with Crippen molar-refractivity contribution in [3.8, 4) is 0 Å². The van der Waals surface area contributed by atoms with Crippen molar-refractivity contribution in [2.75, 3.05) is 10.5 Å². The SMILES string of the molecule is CCS(=O)(=O)Nc1ccc2c(c1)nc(C)n2C. The minimum Gasteiger partial charge on any atom is -0.331 e. The van der Waals surface area contributed by atoms with Crippen LogP contribution in [0.5, 0.6) is 0 Å². The summed E-state index contributed by atoms with van der Waals surface area (Å²) < 4.78 is 27.4. The second-order valence-electron chi connectivity index (χ2n) is 3.93. The molecule has 0 saturated heterocycles. The van der Waals surface area contributed by atoms with Crippen LogP contribution < -0.4 is 4.72 Å². The monoisotopic (exact) mass is 253 g/mol. The largest absolute Gasteiger partial charge is 0.331 e. The Morgan fingerprint density at radius 3 is 2.76 bits per heavy atom. The first-order valence-corrected chi connectivity index (χ1v) is 7.02. The van der Waals surface area contributed by atoms with E-state index in [9.17, 15) is 8.42 Å². The molecule has 2 aromatic rings. The zero-order valence-electron chi connectivity index (χ0n) is 10.1. The molecule has 92 valence electrons. The third kappa shape index (κ3) is 2.26. The van der Waals surface area contributed by atoms with E-state index in [1.54, 1.807) is 19.1 Å². The van der Waals surface area contributed by atoms with Crippen LogP contribution in [0, 0.1) is 6.92 Å². The van der Waals surface area contributed by atoms with Crippen LogP contribution in [-0.2, 0) is 17.1 Å². The van der Waals surface area contributed by atoms with Crippen molar-refractivity contribution in [1.29, 1.82) is 0 Å². The van der Waals surface area contributed by atoms with Gasteiger partial charge in [-0.15, -0.1) is 0 Å². The van der Waals surface area contributed by atoms with Crippen LogP contribution in [0.4, 0.5) is 5.69 Å². The first kappa shape index (κ1) is 11.9. The van der Waals surface area contributed by atoms with Gasteiger partial charge in [0.25, 0.3) is 0 Å². The van der Waals surface area contributed by atoms with Gasteiger partial charge in [0.2, 0.25) is 10.0 Å². The number of aromatic nitrogens is 2. The van der Waals surface area contributed by atoms with E-state index < -0.39 is 10.0 Å². The molecule has 6 heteroatoms. The predicted octanol–water partition coefficient (Wildman–Crippen LogP) is 1.64. The fourth-order valence-electron chi connectivity index (χ4n) is 1.64. The number of sulfonamides is 1. The molecule has 1 N–H and O–H groups in total. The molecule has 0 amide bonds. The fraction of sp³-hybridized carbons (Fsp3) is 0.364. The second-order valence-corrected chi connectivity index (χ2v) is 5.94. The summed E-state index contributed by atoms with van der Waals surface area (Å²) in [5.41, 5.74) is 2.33. The van der Waals surface area contributed by atoms with Crippen LogP contribution in [-0.4, -0.2) is 23.7 Å². The Labute approximate surface area is 101 Å². The van der Waals surface area contributed by atoms with Crippen molar-refractivity contribution in [1.82, 2.24) is 9.55 Å². The molecule has 1 heterocycles. The zero-order valence-corrected chi connectivity index (χ0v) is 10.9. The second kappa shape index (κ2) is 4.03. The third-order valence-electron chi connectivity index (χ3n) is 2.76. The Hall–Kier alpha value is -1.56. The molecule has 0 fully saturated rings. The molecular formula is C11H15N3O2S. The highest BCUT2D eigenvalue weighted by atomic mass is 32.2. The molecule has 0 unspecified atom stereocenters. The first-order chi connectivity index (χ1) is 7.93. The topological polar surface area (TPSA) is 64.0 Å². The van der Waals surface area contributed by atoms with Crippen molar-refractivity contribution in [3.05, 3.63) is 24.0 Å². The summed E-state index contributed by atoms with van der Waals surface area (Å²) in [6, 6.07) is 5.36. The normalized spacial score (nSPS) is 11.9. The minimum atomic E-state index is -3.23. The molecule has 0 saturated carbocycles. The molecule has 2 rings (SSSR count). The maximum Gasteiger partial charge on any atom is 0.232 e. The van der Waals surface area contributed by atoms with Gasteiger partial charge in [-0.3, -0.25) is 4.72 Å². The number of benzene rings is 1. The summed E-state index contributed by atoms with van der Waals surface area (Å²) in [6.07, 6.45) is 0. The lowest BCUT2D eigenvalue weighted by molar-refractivity contribution is 0.602. The van der Waals surface area contributed by atoms with E-state index in [2.05, 4.69) is 9.71 Å². The summed E-state index contributed by atoms with van der Waals surface area (Å²) in [7, 11) is -1.30. The van der Waals surface area contributed by atoms with E-state index in [0.29, 0.717) is 5.69 Å². The summed E-state index contributed by atoms with van der Waals surface area (Å²) >= 11 is 0.